The largest absolute Gasteiger partial charge is 0.471 e. The van der Waals surface area contributed by atoms with Crippen LogP contribution in [0.5, 0.6) is 0 Å². The van der Waals surface area contributed by atoms with E-state index in [4.69, 9.17) is 5.73 Å². The summed E-state index contributed by atoms with van der Waals surface area (Å²) in [6.45, 7) is 0. The van der Waals surface area contributed by atoms with Crippen molar-refractivity contribution in [3.8, 4) is 0 Å². The average molecular weight is 290 g/mol. The molecule has 0 aliphatic rings. The Morgan fingerprint density at radius 3 is 2.05 bits per heavy atom. The second kappa shape index (κ2) is 4.59. The number of nitrogen functional groups attached to an aromatic ring is 1. The molecule has 0 spiro atoms. The summed E-state index contributed by atoms with van der Waals surface area (Å²) in [4.78, 5) is 10.6. The maximum atomic E-state index is 13.0. The second-order valence-electron chi connectivity index (χ2n) is 3.37. The lowest BCUT2D eigenvalue weighted by atomic mass is 10.1. The number of anilines is 2. The number of rotatable bonds is 1. The Kier molecular flexibility index (Phi) is 3.64. The van der Waals surface area contributed by atoms with Crippen LogP contribution in [0.15, 0.2) is 12.1 Å². The Hall–Kier alpha value is -2.00. The van der Waals surface area contributed by atoms with Gasteiger partial charge in [0.25, 0.3) is 0 Å². The smallest absolute Gasteiger partial charge is 0.397 e. The Balaban J connectivity index is 3.20. The van der Waals surface area contributed by atoms with E-state index in [0.29, 0.717) is 0 Å². The number of halogens is 7. The van der Waals surface area contributed by atoms with Crippen LogP contribution in [0.1, 0.15) is 5.56 Å². The van der Waals surface area contributed by atoms with Gasteiger partial charge >= 0.3 is 18.3 Å². The van der Waals surface area contributed by atoms with Crippen LogP contribution in [0.25, 0.3) is 0 Å². The zero-order valence-corrected chi connectivity index (χ0v) is 8.79. The summed E-state index contributed by atoms with van der Waals surface area (Å²) in [7, 11) is 0. The van der Waals surface area contributed by atoms with Crippen LogP contribution in [0.3, 0.4) is 0 Å². The Morgan fingerprint density at radius 2 is 1.63 bits per heavy atom. The fraction of sp³-hybridized carbons (Fsp3) is 0.222. The quantitative estimate of drug-likeness (QED) is 0.617. The predicted molar refractivity (Wildman–Crippen MR) is 50.5 cm³/mol. The first-order valence-electron chi connectivity index (χ1n) is 4.47. The highest BCUT2D eigenvalue weighted by Crippen LogP contribution is 2.35. The highest BCUT2D eigenvalue weighted by molar-refractivity contribution is 5.97. The standard InChI is InChI=1S/C9H5F7N2O/c10-4-2-5(17)6(1-3(4)8(11,12)13)18-7(19)9(14,15)16/h1-2H,17H2,(H,18,19). The molecule has 0 aliphatic heterocycles. The van der Waals surface area contributed by atoms with Crippen molar-refractivity contribution < 1.29 is 35.5 Å². The monoisotopic (exact) mass is 290 g/mol. The molecule has 1 aromatic rings. The molecule has 1 rings (SSSR count). The van der Waals surface area contributed by atoms with Crippen molar-refractivity contribution in [2.75, 3.05) is 11.1 Å². The topological polar surface area (TPSA) is 55.1 Å². The Labute approximate surface area is 101 Å². The molecule has 0 saturated carbocycles. The van der Waals surface area contributed by atoms with Crippen LogP contribution >= 0.6 is 0 Å². The molecule has 0 saturated heterocycles. The van der Waals surface area contributed by atoms with Gasteiger partial charge in [-0.1, -0.05) is 0 Å². The first-order chi connectivity index (χ1) is 8.43. The SMILES string of the molecule is Nc1cc(F)c(C(F)(F)F)cc1NC(=O)C(F)(F)F. The van der Waals surface area contributed by atoms with Gasteiger partial charge in [0.05, 0.1) is 16.9 Å². The molecule has 0 aliphatic carbocycles. The second-order valence-corrected chi connectivity index (χ2v) is 3.37. The van der Waals surface area contributed by atoms with Crippen molar-refractivity contribution >= 4 is 17.3 Å². The highest BCUT2D eigenvalue weighted by Gasteiger charge is 2.40. The van der Waals surface area contributed by atoms with Gasteiger partial charge in [-0.25, -0.2) is 4.39 Å². The minimum absolute atomic E-state index is 0.00565. The number of hydrogen-bond donors (Lipinski definition) is 2. The number of carbonyl (C=O) groups is 1. The maximum absolute atomic E-state index is 13.0. The van der Waals surface area contributed by atoms with Crippen molar-refractivity contribution in [1.29, 1.82) is 0 Å². The van der Waals surface area contributed by atoms with Gasteiger partial charge in [-0.05, 0) is 12.1 Å². The lowest BCUT2D eigenvalue weighted by molar-refractivity contribution is -0.167. The van der Waals surface area contributed by atoms with E-state index >= 15 is 0 Å². The van der Waals surface area contributed by atoms with Crippen LogP contribution in [0, 0.1) is 5.82 Å². The van der Waals surface area contributed by atoms with E-state index in [1.807, 2.05) is 0 Å². The maximum Gasteiger partial charge on any atom is 0.471 e. The number of amides is 1. The molecule has 3 N–H and O–H groups in total. The zero-order chi connectivity index (χ0) is 15.0. The summed E-state index contributed by atoms with van der Waals surface area (Å²) >= 11 is 0. The van der Waals surface area contributed by atoms with E-state index < -0.39 is 41.0 Å². The Bertz CT molecular complexity index is 507. The predicted octanol–water partition coefficient (Wildman–Crippen LogP) is 2.93. The zero-order valence-electron chi connectivity index (χ0n) is 8.79. The number of nitrogens with two attached hydrogens (primary N) is 1. The molecule has 0 unspecified atom stereocenters. The van der Waals surface area contributed by atoms with Crippen molar-refractivity contribution in [2.24, 2.45) is 0 Å². The number of nitrogens with one attached hydrogen (secondary N) is 1. The molecule has 10 heteroatoms. The van der Waals surface area contributed by atoms with E-state index in [2.05, 4.69) is 0 Å². The summed E-state index contributed by atoms with van der Waals surface area (Å²) in [5.41, 5.74) is 1.46. The van der Waals surface area contributed by atoms with Gasteiger partial charge in [-0.3, -0.25) is 4.79 Å². The third-order valence-corrected chi connectivity index (χ3v) is 1.95. The first kappa shape index (κ1) is 15.1. The molecular formula is C9H5F7N2O. The van der Waals surface area contributed by atoms with Crippen LogP contribution in [0.2, 0.25) is 0 Å². The van der Waals surface area contributed by atoms with Gasteiger partial charge in [0.2, 0.25) is 0 Å². The summed E-state index contributed by atoms with van der Waals surface area (Å²) in [5, 5.41) is 1.13. The molecule has 0 atom stereocenters. The number of benzene rings is 1. The fourth-order valence-corrected chi connectivity index (χ4v) is 1.11. The van der Waals surface area contributed by atoms with Crippen LogP contribution in [-0.2, 0) is 11.0 Å². The Morgan fingerprint density at radius 1 is 1.11 bits per heavy atom. The lowest BCUT2D eigenvalue weighted by Gasteiger charge is -2.14. The number of alkyl halides is 6. The van der Waals surface area contributed by atoms with Gasteiger partial charge < -0.3 is 11.1 Å². The van der Waals surface area contributed by atoms with Crippen LogP contribution < -0.4 is 11.1 Å². The normalized spacial score (nSPS) is 12.4. The molecule has 106 valence electrons. The minimum Gasteiger partial charge on any atom is -0.397 e. The van der Waals surface area contributed by atoms with Gasteiger partial charge in [0, 0.05) is 0 Å². The van der Waals surface area contributed by atoms with E-state index in [-0.39, 0.29) is 12.1 Å². The number of hydrogen-bond acceptors (Lipinski definition) is 2. The molecule has 0 bridgehead atoms. The van der Waals surface area contributed by atoms with Gasteiger partial charge in [-0.15, -0.1) is 0 Å². The molecule has 0 fully saturated rings. The summed E-state index contributed by atoms with van der Waals surface area (Å²) in [6, 6.07) is 0.170. The molecule has 0 radical (unpaired) electrons. The van der Waals surface area contributed by atoms with Gasteiger partial charge in [0.15, 0.2) is 0 Å². The summed E-state index contributed by atoms with van der Waals surface area (Å²) in [5.74, 6) is -4.27. The summed E-state index contributed by atoms with van der Waals surface area (Å²) < 4.78 is 85.7. The third-order valence-electron chi connectivity index (χ3n) is 1.95. The fourth-order valence-electron chi connectivity index (χ4n) is 1.11. The van der Waals surface area contributed by atoms with E-state index in [1.54, 1.807) is 0 Å². The lowest BCUT2D eigenvalue weighted by Crippen LogP contribution is -2.30. The molecule has 3 nitrogen and oxygen atoms in total. The molecule has 19 heavy (non-hydrogen) atoms. The highest BCUT2D eigenvalue weighted by atomic mass is 19.4. The molecule has 1 amide bonds. The van der Waals surface area contributed by atoms with Crippen molar-refractivity contribution in [3.63, 3.8) is 0 Å². The van der Waals surface area contributed by atoms with Crippen LogP contribution in [-0.4, -0.2) is 12.1 Å². The molecule has 0 aromatic heterocycles. The summed E-state index contributed by atoms with van der Waals surface area (Å²) in [6.07, 6.45) is -10.4. The average Bonchev–Trinajstić information content (AvgIpc) is 2.18. The minimum atomic E-state index is -5.31. The van der Waals surface area contributed by atoms with Gasteiger partial charge in [-0.2, -0.15) is 26.3 Å². The van der Waals surface area contributed by atoms with E-state index in [1.165, 1.54) is 0 Å². The molecule has 1 aromatic carbocycles. The molecular weight excluding hydrogens is 285 g/mol. The van der Waals surface area contributed by atoms with Gasteiger partial charge in [0.1, 0.15) is 5.82 Å². The first-order valence-corrected chi connectivity index (χ1v) is 4.47. The van der Waals surface area contributed by atoms with Crippen molar-refractivity contribution in [3.05, 3.63) is 23.5 Å². The van der Waals surface area contributed by atoms with E-state index in [9.17, 15) is 35.5 Å². The third kappa shape index (κ3) is 3.48. The van der Waals surface area contributed by atoms with Crippen molar-refractivity contribution in [1.82, 2.24) is 0 Å². The van der Waals surface area contributed by atoms with Crippen molar-refractivity contribution in [2.45, 2.75) is 12.4 Å². The number of carbonyl (C=O) groups excluding carboxylic acids is 1. The van der Waals surface area contributed by atoms with Crippen LogP contribution in [0.4, 0.5) is 42.1 Å². The van der Waals surface area contributed by atoms with E-state index in [0.717, 1.165) is 5.32 Å². The molecule has 0 heterocycles.